The van der Waals surface area contributed by atoms with Gasteiger partial charge in [0.2, 0.25) is 5.78 Å². The topological polar surface area (TPSA) is 97.5 Å². The quantitative estimate of drug-likeness (QED) is 0.0769. The third kappa shape index (κ3) is 7.74. The third-order valence-corrected chi connectivity index (χ3v) is 7.60. The van der Waals surface area contributed by atoms with Gasteiger partial charge in [-0.3, -0.25) is 4.79 Å². The molecule has 2 heterocycles. The Labute approximate surface area is 259 Å². The van der Waals surface area contributed by atoms with Gasteiger partial charge < -0.3 is 23.9 Å². The Morgan fingerprint density at radius 1 is 0.818 bits per heavy atom. The molecule has 0 aliphatic carbocycles. The van der Waals surface area contributed by atoms with Crippen molar-refractivity contribution in [3.63, 3.8) is 0 Å². The Morgan fingerprint density at radius 2 is 1.48 bits per heavy atom. The smallest absolute Gasteiger partial charge is 0.338 e. The zero-order valence-corrected chi connectivity index (χ0v) is 25.9. The van der Waals surface area contributed by atoms with Crippen LogP contribution in [0, 0.1) is 0 Å². The van der Waals surface area contributed by atoms with Gasteiger partial charge >= 0.3 is 11.9 Å². The molecule has 2 aromatic heterocycles. The van der Waals surface area contributed by atoms with Crippen LogP contribution >= 0.6 is 0 Å². The van der Waals surface area contributed by atoms with Crippen molar-refractivity contribution in [1.29, 1.82) is 0 Å². The molecule has 1 N–H and O–H groups in total. The number of carboxylic acid groups (broad SMARTS) is 1. The van der Waals surface area contributed by atoms with Crippen molar-refractivity contribution in [2.45, 2.75) is 52.9 Å². The van der Waals surface area contributed by atoms with Gasteiger partial charge in [0, 0.05) is 23.9 Å². The van der Waals surface area contributed by atoms with E-state index in [1.54, 1.807) is 66.1 Å². The number of nitrogens with zero attached hydrogens (tertiary/aromatic N) is 2. The Hall–Kier alpha value is -4.43. The van der Waals surface area contributed by atoms with Crippen LogP contribution in [0.2, 0.25) is 0 Å². The molecule has 8 nitrogen and oxygen atoms in total. The van der Waals surface area contributed by atoms with Crippen LogP contribution in [-0.2, 0) is 4.74 Å². The highest BCUT2D eigenvalue weighted by Gasteiger charge is 2.29. The number of rotatable bonds is 17. The molecule has 0 aliphatic rings. The van der Waals surface area contributed by atoms with Crippen LogP contribution in [0.4, 0.5) is 0 Å². The average molecular weight is 599 g/mol. The van der Waals surface area contributed by atoms with Crippen LogP contribution < -0.4 is 4.74 Å². The lowest BCUT2D eigenvalue weighted by molar-refractivity contribution is 0.0525. The molecule has 0 atom stereocenters. The van der Waals surface area contributed by atoms with Crippen molar-refractivity contribution in [3.05, 3.63) is 95.3 Å². The number of carbonyl (C=O) groups is 3. The maximum absolute atomic E-state index is 14.1. The van der Waals surface area contributed by atoms with Crippen LogP contribution in [-0.4, -0.2) is 65.0 Å². The van der Waals surface area contributed by atoms with Gasteiger partial charge in [0.15, 0.2) is 0 Å². The largest absolute Gasteiger partial charge is 0.494 e. The summed E-state index contributed by atoms with van der Waals surface area (Å²) in [6.07, 6.45) is 7.23. The molecule has 0 saturated carbocycles. The van der Waals surface area contributed by atoms with Crippen LogP contribution in [0.15, 0.2) is 72.9 Å². The number of hydrogen-bond donors (Lipinski definition) is 1. The molecule has 2 aromatic carbocycles. The summed E-state index contributed by atoms with van der Waals surface area (Å²) in [4.78, 5) is 41.7. The SMILES string of the molecule is CCCCN(CCCC)CCCOc1ccc(C(=O)c2c(-c3ccccc3)c(C(=O)O)c3cc(C(=O)OCC)ccn23)cc1. The van der Waals surface area contributed by atoms with Gasteiger partial charge in [0.25, 0.3) is 0 Å². The molecular weight excluding hydrogens is 556 g/mol. The first-order chi connectivity index (χ1) is 21.4. The van der Waals surface area contributed by atoms with Gasteiger partial charge in [0.05, 0.1) is 29.9 Å². The van der Waals surface area contributed by atoms with E-state index in [0.29, 0.717) is 29.0 Å². The number of benzene rings is 2. The summed E-state index contributed by atoms with van der Waals surface area (Å²) < 4.78 is 12.7. The van der Waals surface area contributed by atoms with Crippen molar-refractivity contribution >= 4 is 23.2 Å². The maximum atomic E-state index is 14.1. The van der Waals surface area contributed by atoms with Crippen molar-refractivity contribution in [2.24, 2.45) is 0 Å². The summed E-state index contributed by atoms with van der Waals surface area (Å²) in [7, 11) is 0. The van der Waals surface area contributed by atoms with Gasteiger partial charge in [-0.05, 0) is 81.2 Å². The second-order valence-electron chi connectivity index (χ2n) is 10.8. The summed E-state index contributed by atoms with van der Waals surface area (Å²) in [5.74, 6) is -1.44. The normalized spacial score (nSPS) is 11.2. The zero-order valence-electron chi connectivity index (χ0n) is 25.9. The standard InChI is InChI=1S/C36H42N2O6/c1-4-7-20-37(21-8-5-2)22-12-24-44-29-17-15-27(16-18-29)34(39)33-31(26-13-10-9-11-14-26)32(35(40)41)30-25-28(19-23-38(30)33)36(42)43-6-3/h9-11,13-19,23,25H,4-8,12,20-22,24H2,1-3H3,(H,40,41). The number of unbranched alkanes of at least 4 members (excludes halogenated alkanes) is 2. The fourth-order valence-electron chi connectivity index (χ4n) is 5.34. The van der Waals surface area contributed by atoms with E-state index in [2.05, 4.69) is 18.7 Å². The minimum Gasteiger partial charge on any atom is -0.494 e. The molecule has 44 heavy (non-hydrogen) atoms. The number of aromatic carboxylic acids is 1. The summed E-state index contributed by atoms with van der Waals surface area (Å²) in [6.45, 7) is 10.1. The van der Waals surface area contributed by atoms with E-state index in [-0.39, 0.29) is 34.7 Å². The van der Waals surface area contributed by atoms with E-state index in [9.17, 15) is 19.5 Å². The Bertz CT molecular complexity index is 1550. The molecule has 0 amide bonds. The minimum atomic E-state index is -1.20. The van der Waals surface area contributed by atoms with Crippen LogP contribution in [0.5, 0.6) is 5.75 Å². The van der Waals surface area contributed by atoms with Crippen molar-refractivity contribution in [1.82, 2.24) is 9.30 Å². The highest BCUT2D eigenvalue weighted by Crippen LogP contribution is 2.35. The molecule has 0 bridgehead atoms. The summed E-state index contributed by atoms with van der Waals surface area (Å²) >= 11 is 0. The van der Waals surface area contributed by atoms with Gasteiger partial charge in [-0.2, -0.15) is 0 Å². The fraction of sp³-hybridized carbons (Fsp3) is 0.361. The van der Waals surface area contributed by atoms with E-state index in [0.717, 1.165) is 26.1 Å². The lowest BCUT2D eigenvalue weighted by Gasteiger charge is -2.21. The first-order valence-corrected chi connectivity index (χ1v) is 15.5. The molecule has 0 spiro atoms. The van der Waals surface area contributed by atoms with Crippen LogP contribution in [0.1, 0.15) is 89.6 Å². The molecule has 4 rings (SSSR count). The lowest BCUT2D eigenvalue weighted by atomic mass is 9.96. The summed E-state index contributed by atoms with van der Waals surface area (Å²) in [6, 6.07) is 18.9. The zero-order chi connectivity index (χ0) is 31.5. The monoisotopic (exact) mass is 598 g/mol. The number of fused-ring (bicyclic) bond motifs is 1. The molecule has 0 aliphatic heterocycles. The molecule has 0 saturated heterocycles. The van der Waals surface area contributed by atoms with E-state index >= 15 is 0 Å². The summed E-state index contributed by atoms with van der Waals surface area (Å²) in [5, 5.41) is 10.3. The molecule has 232 valence electrons. The van der Waals surface area contributed by atoms with E-state index in [4.69, 9.17) is 9.47 Å². The second-order valence-corrected chi connectivity index (χ2v) is 10.8. The van der Waals surface area contributed by atoms with Crippen molar-refractivity contribution in [2.75, 3.05) is 32.8 Å². The number of carboxylic acids is 1. The Morgan fingerprint density at radius 3 is 2.09 bits per heavy atom. The van der Waals surface area contributed by atoms with Gasteiger partial charge in [-0.15, -0.1) is 0 Å². The Kier molecular flexibility index (Phi) is 11.7. The van der Waals surface area contributed by atoms with Gasteiger partial charge in [-0.25, -0.2) is 9.59 Å². The highest BCUT2D eigenvalue weighted by molar-refractivity contribution is 6.18. The lowest BCUT2D eigenvalue weighted by Crippen LogP contribution is -2.28. The molecular formula is C36H42N2O6. The van der Waals surface area contributed by atoms with Crippen molar-refractivity contribution < 1.29 is 29.0 Å². The molecule has 0 radical (unpaired) electrons. The predicted octanol–water partition coefficient (Wildman–Crippen LogP) is 7.38. The Balaban J connectivity index is 1.61. The van der Waals surface area contributed by atoms with E-state index < -0.39 is 11.9 Å². The number of pyridine rings is 1. The first kappa shape index (κ1) is 32.5. The van der Waals surface area contributed by atoms with Gasteiger partial charge in [0.1, 0.15) is 11.4 Å². The molecule has 4 aromatic rings. The average Bonchev–Trinajstić information content (AvgIpc) is 3.39. The number of carbonyl (C=O) groups excluding carboxylic acids is 2. The second kappa shape index (κ2) is 15.9. The van der Waals surface area contributed by atoms with Crippen molar-refractivity contribution in [3.8, 4) is 16.9 Å². The number of ketones is 1. The number of hydrogen-bond acceptors (Lipinski definition) is 6. The summed E-state index contributed by atoms with van der Waals surface area (Å²) in [5.41, 5.74) is 1.85. The number of aromatic nitrogens is 1. The van der Waals surface area contributed by atoms with E-state index in [1.807, 2.05) is 6.07 Å². The predicted molar refractivity (Wildman–Crippen MR) is 172 cm³/mol. The fourth-order valence-corrected chi connectivity index (χ4v) is 5.34. The van der Waals surface area contributed by atoms with Crippen LogP contribution in [0.25, 0.3) is 16.6 Å². The van der Waals surface area contributed by atoms with Gasteiger partial charge in [-0.1, -0.05) is 57.0 Å². The number of esters is 1. The minimum absolute atomic E-state index is 0.0578. The third-order valence-electron chi connectivity index (χ3n) is 7.60. The first-order valence-electron chi connectivity index (χ1n) is 15.5. The molecule has 0 unspecified atom stereocenters. The maximum Gasteiger partial charge on any atom is 0.338 e. The highest BCUT2D eigenvalue weighted by atomic mass is 16.5. The molecule has 0 fully saturated rings. The molecule has 8 heteroatoms. The van der Waals surface area contributed by atoms with E-state index in [1.165, 1.54) is 37.8 Å². The van der Waals surface area contributed by atoms with Crippen LogP contribution in [0.3, 0.4) is 0 Å². The number of ether oxygens (including phenoxy) is 2.